The number of likely N-dealkylation sites (N-methyl/N-ethyl adjacent to an activating group) is 1. The van der Waals surface area contributed by atoms with Gasteiger partial charge in [0.2, 0.25) is 5.95 Å². The molecule has 0 radical (unpaired) electrons. The number of fused-ring (bicyclic) bond motifs is 1. The number of rotatable bonds is 5. The topological polar surface area (TPSA) is 104 Å². The Labute approximate surface area is 228 Å². The van der Waals surface area contributed by atoms with E-state index < -0.39 is 0 Å². The molecule has 1 aliphatic heterocycles. The van der Waals surface area contributed by atoms with Crippen molar-refractivity contribution in [3.8, 4) is 11.3 Å². The van der Waals surface area contributed by atoms with Crippen molar-refractivity contribution in [1.29, 1.82) is 0 Å². The molecule has 39 heavy (non-hydrogen) atoms. The maximum atomic E-state index is 13.6. The number of aromatic nitrogens is 5. The number of pyridine rings is 1. The highest BCUT2D eigenvalue weighted by atomic mass is 16.3. The Morgan fingerprint density at radius 3 is 2.49 bits per heavy atom. The van der Waals surface area contributed by atoms with Crippen LogP contribution in [0, 0.1) is 6.92 Å². The third-order valence-corrected chi connectivity index (χ3v) is 8.01. The van der Waals surface area contributed by atoms with Gasteiger partial charge in [-0.15, -0.1) is 0 Å². The number of nitrogens with zero attached hydrogens (tertiary/aromatic N) is 7. The molecule has 0 spiro atoms. The van der Waals surface area contributed by atoms with E-state index in [1.54, 1.807) is 23.0 Å². The van der Waals surface area contributed by atoms with Gasteiger partial charge in [-0.05, 0) is 70.0 Å². The van der Waals surface area contributed by atoms with E-state index in [9.17, 15) is 9.90 Å². The fraction of sp³-hybridized carbons (Fsp3) is 0.448. The summed E-state index contributed by atoms with van der Waals surface area (Å²) in [5.74, 6) is 0.321. The van der Waals surface area contributed by atoms with Gasteiger partial charge in [-0.25, -0.2) is 4.98 Å². The summed E-state index contributed by atoms with van der Waals surface area (Å²) < 4.78 is 3.91. The van der Waals surface area contributed by atoms with Crippen LogP contribution in [0.15, 0.2) is 42.7 Å². The van der Waals surface area contributed by atoms with Gasteiger partial charge in [0.1, 0.15) is 0 Å². The molecule has 2 N–H and O–H groups in total. The van der Waals surface area contributed by atoms with Crippen LogP contribution < -0.4 is 10.2 Å². The first-order valence-electron chi connectivity index (χ1n) is 13.8. The van der Waals surface area contributed by atoms with Crippen molar-refractivity contribution in [1.82, 2.24) is 29.2 Å². The van der Waals surface area contributed by atoms with E-state index in [-0.39, 0.29) is 18.1 Å². The largest absolute Gasteiger partial charge is 0.393 e. The van der Waals surface area contributed by atoms with Crippen LogP contribution in [-0.2, 0) is 7.05 Å². The average molecular weight is 529 g/mol. The minimum Gasteiger partial charge on any atom is -0.393 e. The van der Waals surface area contributed by atoms with Crippen LogP contribution in [0.25, 0.3) is 22.3 Å². The number of carbonyl (C=O) groups excluding carboxylic acids is 1. The van der Waals surface area contributed by atoms with Crippen LogP contribution in [0.5, 0.6) is 0 Å². The smallest absolute Gasteiger partial charge is 0.258 e. The molecular weight excluding hydrogens is 492 g/mol. The number of aliphatic hydroxyl groups excluding tert-OH is 1. The van der Waals surface area contributed by atoms with Crippen molar-refractivity contribution in [2.24, 2.45) is 7.05 Å². The van der Waals surface area contributed by atoms with E-state index in [1.165, 1.54) is 5.69 Å². The van der Waals surface area contributed by atoms with Crippen LogP contribution in [0.3, 0.4) is 0 Å². The lowest BCUT2D eigenvalue weighted by molar-refractivity contribution is 0.102. The van der Waals surface area contributed by atoms with E-state index >= 15 is 0 Å². The molecule has 1 aromatic carbocycles. The van der Waals surface area contributed by atoms with Gasteiger partial charge in [-0.1, -0.05) is 0 Å². The summed E-state index contributed by atoms with van der Waals surface area (Å²) in [5, 5.41) is 17.5. The molecule has 3 aromatic heterocycles. The number of aryl methyl sites for hydroxylation is 2. The summed E-state index contributed by atoms with van der Waals surface area (Å²) in [5.41, 5.74) is 5.91. The van der Waals surface area contributed by atoms with Crippen molar-refractivity contribution in [2.75, 3.05) is 43.4 Å². The molecule has 10 nitrogen and oxygen atoms in total. The maximum absolute atomic E-state index is 13.6. The summed E-state index contributed by atoms with van der Waals surface area (Å²) in [6.07, 6.45) is 6.54. The normalized spacial score (nSPS) is 20.5. The van der Waals surface area contributed by atoms with E-state index in [1.807, 2.05) is 20.2 Å². The van der Waals surface area contributed by atoms with Crippen molar-refractivity contribution >= 4 is 28.6 Å². The molecule has 2 aliphatic rings. The quantitative estimate of drug-likeness (QED) is 0.408. The molecule has 6 rings (SSSR count). The van der Waals surface area contributed by atoms with Crippen molar-refractivity contribution in [3.05, 3.63) is 54.0 Å². The second-order valence-electron chi connectivity index (χ2n) is 11.0. The number of nitrogens with one attached hydrogen (secondary N) is 1. The third kappa shape index (κ3) is 5.26. The number of anilines is 2. The fourth-order valence-corrected chi connectivity index (χ4v) is 5.79. The highest BCUT2D eigenvalue weighted by Crippen LogP contribution is 2.36. The highest BCUT2D eigenvalue weighted by molar-refractivity contribution is 6.04. The summed E-state index contributed by atoms with van der Waals surface area (Å²) in [7, 11) is 4.02. The van der Waals surface area contributed by atoms with Crippen molar-refractivity contribution in [3.63, 3.8) is 0 Å². The molecule has 0 bridgehead atoms. The van der Waals surface area contributed by atoms with Crippen molar-refractivity contribution in [2.45, 2.75) is 44.8 Å². The number of benzene rings is 1. The number of hydrogen-bond donors (Lipinski definition) is 2. The van der Waals surface area contributed by atoms with Gasteiger partial charge >= 0.3 is 0 Å². The van der Waals surface area contributed by atoms with Crippen LogP contribution in [0.4, 0.5) is 11.6 Å². The third-order valence-electron chi connectivity index (χ3n) is 8.01. The maximum Gasteiger partial charge on any atom is 0.258 e. The molecule has 1 amide bonds. The number of carbonyl (C=O) groups is 1. The Balaban J connectivity index is 1.35. The first kappa shape index (κ1) is 25.5. The molecule has 4 heterocycles. The number of hydrogen-bond acceptors (Lipinski definition) is 7. The van der Waals surface area contributed by atoms with E-state index in [2.05, 4.69) is 55.0 Å². The molecule has 2 fully saturated rings. The molecule has 0 atom stereocenters. The minimum atomic E-state index is -0.263. The van der Waals surface area contributed by atoms with Gasteiger partial charge in [0.05, 0.1) is 29.0 Å². The lowest BCUT2D eigenvalue weighted by Gasteiger charge is -2.34. The van der Waals surface area contributed by atoms with E-state index in [0.29, 0.717) is 17.2 Å². The van der Waals surface area contributed by atoms with Gasteiger partial charge in [0, 0.05) is 68.0 Å². The van der Waals surface area contributed by atoms with Crippen LogP contribution in [-0.4, -0.2) is 79.6 Å². The van der Waals surface area contributed by atoms with Crippen LogP contribution in [0.1, 0.15) is 47.8 Å². The lowest BCUT2D eigenvalue weighted by Crippen LogP contribution is -2.44. The molecule has 1 saturated carbocycles. The zero-order valence-electron chi connectivity index (χ0n) is 22.8. The molecule has 1 aliphatic carbocycles. The predicted octanol–water partition coefficient (Wildman–Crippen LogP) is 3.62. The molecule has 4 aromatic rings. The Bertz CT molecular complexity index is 1490. The first-order valence-corrected chi connectivity index (χ1v) is 13.8. The molecule has 1 saturated heterocycles. The van der Waals surface area contributed by atoms with Crippen LogP contribution >= 0.6 is 0 Å². The second kappa shape index (κ2) is 10.4. The lowest BCUT2D eigenvalue weighted by atomic mass is 9.93. The van der Waals surface area contributed by atoms with Gasteiger partial charge < -0.3 is 19.5 Å². The average Bonchev–Trinajstić information content (AvgIpc) is 3.52. The fourth-order valence-electron chi connectivity index (χ4n) is 5.79. The Morgan fingerprint density at radius 1 is 1.00 bits per heavy atom. The second-order valence-corrected chi connectivity index (χ2v) is 11.0. The molecule has 10 heteroatoms. The number of aliphatic hydroxyl groups is 1. The molecule has 204 valence electrons. The first-order chi connectivity index (χ1) is 18.8. The van der Waals surface area contributed by atoms with E-state index in [0.717, 1.165) is 74.2 Å². The molecular formula is C29H36N8O2. The van der Waals surface area contributed by atoms with Gasteiger partial charge in [-0.3, -0.25) is 19.8 Å². The van der Waals surface area contributed by atoms with Crippen molar-refractivity contribution < 1.29 is 9.90 Å². The molecule has 0 unspecified atom stereocenters. The van der Waals surface area contributed by atoms with Gasteiger partial charge in [-0.2, -0.15) is 5.10 Å². The summed E-state index contributed by atoms with van der Waals surface area (Å²) in [6, 6.07) is 10.2. The zero-order chi connectivity index (χ0) is 27.1. The Kier molecular flexibility index (Phi) is 6.82. The Hall–Kier alpha value is -3.76. The highest BCUT2D eigenvalue weighted by Gasteiger charge is 2.27. The summed E-state index contributed by atoms with van der Waals surface area (Å²) in [4.78, 5) is 27.9. The monoisotopic (exact) mass is 528 g/mol. The Morgan fingerprint density at radius 2 is 1.77 bits per heavy atom. The number of amides is 1. The number of piperazine rings is 1. The van der Waals surface area contributed by atoms with Gasteiger partial charge in [0.15, 0.2) is 0 Å². The van der Waals surface area contributed by atoms with Crippen LogP contribution in [0.2, 0.25) is 0 Å². The summed E-state index contributed by atoms with van der Waals surface area (Å²) in [6.45, 7) is 5.92. The van der Waals surface area contributed by atoms with E-state index in [4.69, 9.17) is 4.98 Å². The minimum absolute atomic E-state index is 0.154. The number of imidazole rings is 1. The SMILES string of the molecule is Cc1cc(C(=O)Nc2nc3ccc(N4CCN(C)CC4)cc3n2C2CCC(O)CC2)cc(-c2cnn(C)c2)n1. The summed E-state index contributed by atoms with van der Waals surface area (Å²) >= 11 is 0. The van der Waals surface area contributed by atoms with Gasteiger partial charge in [0.25, 0.3) is 5.91 Å². The predicted molar refractivity (Wildman–Crippen MR) is 152 cm³/mol. The zero-order valence-corrected chi connectivity index (χ0v) is 22.8. The standard InChI is InChI=1S/C29H36N8O2/c1-19-14-20(15-26(31-19)21-17-30-35(3)18-21)28(39)33-29-32-25-9-6-23(36-12-10-34(2)11-13-36)16-27(25)37(29)22-4-7-24(38)8-5-22/h6,9,14-18,22,24,38H,4-5,7-8,10-13H2,1-3H3,(H,32,33,39).